The number of hydrogen-bond donors (Lipinski definition) is 0. The lowest BCUT2D eigenvalue weighted by Gasteiger charge is -2.32. The zero-order chi connectivity index (χ0) is 28.3. The predicted molar refractivity (Wildman–Crippen MR) is 150 cm³/mol. The highest BCUT2D eigenvalue weighted by Gasteiger charge is 2.27. The Bertz CT molecular complexity index is 1600. The van der Waals surface area contributed by atoms with E-state index in [0.717, 1.165) is 73.9 Å². The summed E-state index contributed by atoms with van der Waals surface area (Å²) in [5.74, 6) is 0.945. The van der Waals surface area contributed by atoms with E-state index in [1.54, 1.807) is 18.2 Å². The average Bonchev–Trinajstić information content (AvgIpc) is 3.52. The van der Waals surface area contributed by atoms with E-state index in [-0.39, 0.29) is 24.2 Å². The Kier molecular flexibility index (Phi) is 7.96. The number of hydrogen-bond acceptors (Lipinski definition) is 9. The molecule has 0 amide bonds. The first-order valence-electron chi connectivity index (χ1n) is 13.7. The average molecular weight is 576 g/mol. The molecule has 0 bridgehead atoms. The van der Waals surface area contributed by atoms with Gasteiger partial charge in [-0.1, -0.05) is 12.1 Å². The van der Waals surface area contributed by atoms with Gasteiger partial charge in [-0.15, -0.1) is 11.3 Å². The molecule has 1 atom stereocenters. The minimum absolute atomic E-state index is 0.0452. The van der Waals surface area contributed by atoms with Gasteiger partial charge < -0.3 is 18.8 Å². The summed E-state index contributed by atoms with van der Waals surface area (Å²) >= 11 is 1.36. The second-order valence-corrected chi connectivity index (χ2v) is 11.4. The Morgan fingerprint density at radius 3 is 2.73 bits per heavy atom. The highest BCUT2D eigenvalue weighted by atomic mass is 32.1. The molecule has 0 aliphatic carbocycles. The molecule has 2 aliphatic rings. The lowest BCUT2D eigenvalue weighted by Crippen LogP contribution is -2.35. The molecule has 9 nitrogen and oxygen atoms in total. The van der Waals surface area contributed by atoms with Gasteiger partial charge in [-0.3, -0.25) is 4.90 Å². The lowest BCUT2D eigenvalue weighted by molar-refractivity contribution is -0.0592. The molecular weight excluding hydrogens is 545 g/mol. The molecule has 3 aromatic heterocycles. The van der Waals surface area contributed by atoms with Crippen LogP contribution in [0.15, 0.2) is 42.5 Å². The number of esters is 1. The summed E-state index contributed by atoms with van der Waals surface area (Å²) in [5, 5.41) is 8.93. The molecule has 0 N–H and O–H groups in total. The lowest BCUT2D eigenvalue weighted by atomic mass is 9.93. The maximum Gasteiger partial charge on any atom is 0.348 e. The van der Waals surface area contributed by atoms with E-state index in [1.807, 2.05) is 24.3 Å². The number of thiophene rings is 1. The van der Waals surface area contributed by atoms with E-state index in [1.165, 1.54) is 24.5 Å². The number of nitrogens with zero attached hydrogens (tertiary/aromatic N) is 5. The zero-order valence-electron chi connectivity index (χ0n) is 22.7. The number of likely N-dealkylation sites (tertiary alicyclic amines) is 1. The van der Waals surface area contributed by atoms with Crippen LogP contribution in [0.1, 0.15) is 57.5 Å². The quantitative estimate of drug-likeness (QED) is 0.256. The van der Waals surface area contributed by atoms with Crippen molar-refractivity contribution in [3.63, 3.8) is 0 Å². The number of carbonyl (C=O) groups is 1. The van der Waals surface area contributed by atoms with Crippen molar-refractivity contribution in [2.75, 3.05) is 26.8 Å². The van der Waals surface area contributed by atoms with Crippen LogP contribution in [0.5, 0.6) is 5.88 Å². The van der Waals surface area contributed by atoms with Gasteiger partial charge in [-0.25, -0.2) is 19.2 Å². The normalized spacial score (nSPS) is 17.7. The number of imidazole rings is 1. The molecule has 1 aromatic carbocycles. The summed E-state index contributed by atoms with van der Waals surface area (Å²) in [5.41, 5.74) is 2.59. The van der Waals surface area contributed by atoms with Crippen LogP contribution in [0.3, 0.4) is 0 Å². The van der Waals surface area contributed by atoms with Crippen molar-refractivity contribution in [2.45, 2.75) is 51.0 Å². The fourth-order valence-corrected chi connectivity index (χ4v) is 6.30. The molecule has 0 saturated carbocycles. The van der Waals surface area contributed by atoms with Crippen LogP contribution in [-0.2, 0) is 29.2 Å². The molecule has 11 heteroatoms. The molecule has 5 heterocycles. The number of nitriles is 1. The van der Waals surface area contributed by atoms with Crippen LogP contribution < -0.4 is 4.74 Å². The fourth-order valence-electron chi connectivity index (χ4n) is 5.33. The van der Waals surface area contributed by atoms with E-state index in [0.29, 0.717) is 22.2 Å². The largest absolute Gasteiger partial charge is 0.473 e. The van der Waals surface area contributed by atoms with Crippen molar-refractivity contribution in [1.29, 1.82) is 5.26 Å². The zero-order valence-corrected chi connectivity index (χ0v) is 23.5. The smallest absolute Gasteiger partial charge is 0.348 e. The van der Waals surface area contributed by atoms with Gasteiger partial charge in [-0.05, 0) is 56.6 Å². The van der Waals surface area contributed by atoms with Crippen LogP contribution >= 0.6 is 11.3 Å². The van der Waals surface area contributed by atoms with Crippen LogP contribution in [0.4, 0.5) is 4.39 Å². The Labute approximate surface area is 241 Å². The standard InChI is InChI=1S/C30H30FN5O4S/c1-38-30(37)26-14-25-29(41-26)34-27(36(25)16-22-9-12-39-22)17-35-10-7-20(8-11-35)24-3-2-4-28(33-24)40-18-21-6-5-19(15-32)13-23(21)31/h2-6,13-14,20,22H,7-12,16-18H2,1H3. The molecular formula is C30H30FN5O4S. The van der Waals surface area contributed by atoms with Gasteiger partial charge in [0.15, 0.2) is 0 Å². The highest BCUT2D eigenvalue weighted by molar-refractivity contribution is 7.20. The van der Waals surface area contributed by atoms with Crippen molar-refractivity contribution in [2.24, 2.45) is 0 Å². The summed E-state index contributed by atoms with van der Waals surface area (Å²) < 4.78 is 32.8. The van der Waals surface area contributed by atoms with Gasteiger partial charge in [0.25, 0.3) is 0 Å². The van der Waals surface area contributed by atoms with E-state index >= 15 is 0 Å². The number of piperidine rings is 1. The van der Waals surface area contributed by atoms with E-state index in [4.69, 9.17) is 29.4 Å². The van der Waals surface area contributed by atoms with E-state index in [2.05, 4.69) is 9.47 Å². The van der Waals surface area contributed by atoms with Crippen molar-refractivity contribution in [3.05, 3.63) is 75.8 Å². The van der Waals surface area contributed by atoms with E-state index in [9.17, 15) is 9.18 Å². The molecule has 2 aliphatic heterocycles. The molecule has 4 aromatic rings. The van der Waals surface area contributed by atoms with Gasteiger partial charge in [-0.2, -0.15) is 5.26 Å². The van der Waals surface area contributed by atoms with Gasteiger partial charge in [0.1, 0.15) is 28.0 Å². The Hall–Kier alpha value is -3.85. The first kappa shape index (κ1) is 27.3. The fraction of sp³-hybridized carbons (Fsp3) is 0.400. The van der Waals surface area contributed by atoms with Gasteiger partial charge in [0.2, 0.25) is 5.88 Å². The molecule has 2 fully saturated rings. The minimum Gasteiger partial charge on any atom is -0.473 e. The number of rotatable bonds is 9. The second kappa shape index (κ2) is 11.9. The molecule has 212 valence electrons. The van der Waals surface area contributed by atoms with Crippen LogP contribution in [0, 0.1) is 17.1 Å². The maximum absolute atomic E-state index is 14.2. The Morgan fingerprint density at radius 1 is 1.20 bits per heavy atom. The number of ether oxygens (including phenoxy) is 3. The SMILES string of the molecule is COC(=O)c1cc2c(nc(CN3CCC(c4cccc(OCc5ccc(C#N)cc5F)n4)CC3)n2CC2CCO2)s1. The number of carbonyl (C=O) groups excluding carboxylic acids is 1. The maximum atomic E-state index is 14.2. The Morgan fingerprint density at radius 2 is 2.02 bits per heavy atom. The third-order valence-electron chi connectivity index (χ3n) is 7.77. The van der Waals surface area contributed by atoms with Crippen molar-refractivity contribution >= 4 is 27.7 Å². The topological polar surface area (TPSA) is 102 Å². The Balaban J connectivity index is 1.09. The molecule has 1 unspecified atom stereocenters. The van der Waals surface area contributed by atoms with Crippen molar-refractivity contribution in [1.82, 2.24) is 19.4 Å². The van der Waals surface area contributed by atoms with Gasteiger partial charge in [0, 0.05) is 29.8 Å². The molecule has 6 rings (SSSR count). The molecule has 0 spiro atoms. The summed E-state index contributed by atoms with van der Waals surface area (Å²) in [6.45, 7) is 4.09. The summed E-state index contributed by atoms with van der Waals surface area (Å²) in [6, 6.07) is 13.9. The van der Waals surface area contributed by atoms with Gasteiger partial charge in [0.05, 0.1) is 43.5 Å². The summed E-state index contributed by atoms with van der Waals surface area (Å²) in [6.07, 6.45) is 3.10. The van der Waals surface area contributed by atoms with Crippen molar-refractivity contribution < 1.29 is 23.4 Å². The summed E-state index contributed by atoms with van der Waals surface area (Å²) in [4.78, 5) is 25.5. The minimum atomic E-state index is -0.461. The summed E-state index contributed by atoms with van der Waals surface area (Å²) in [7, 11) is 1.39. The number of pyridine rings is 1. The first-order valence-corrected chi connectivity index (χ1v) is 14.5. The van der Waals surface area contributed by atoms with Crippen LogP contribution in [-0.4, -0.2) is 58.3 Å². The molecule has 0 radical (unpaired) electrons. The second-order valence-electron chi connectivity index (χ2n) is 10.4. The van der Waals surface area contributed by atoms with Crippen LogP contribution in [0.2, 0.25) is 0 Å². The number of aromatic nitrogens is 3. The third-order valence-corrected chi connectivity index (χ3v) is 8.76. The number of benzene rings is 1. The number of halogens is 1. The monoisotopic (exact) mass is 575 g/mol. The third kappa shape index (κ3) is 5.95. The van der Waals surface area contributed by atoms with E-state index < -0.39 is 5.82 Å². The molecule has 41 heavy (non-hydrogen) atoms. The van der Waals surface area contributed by atoms with Crippen molar-refractivity contribution in [3.8, 4) is 11.9 Å². The van der Waals surface area contributed by atoms with Crippen LogP contribution in [0.25, 0.3) is 10.3 Å². The molecule has 2 saturated heterocycles. The highest BCUT2D eigenvalue weighted by Crippen LogP contribution is 2.32. The number of fused-ring (bicyclic) bond motifs is 1. The number of methoxy groups -OCH3 is 1. The van der Waals surface area contributed by atoms with Gasteiger partial charge >= 0.3 is 5.97 Å². The predicted octanol–water partition coefficient (Wildman–Crippen LogP) is 5.04. The first-order chi connectivity index (χ1) is 20.0.